The van der Waals surface area contributed by atoms with E-state index in [9.17, 15) is 13.2 Å². The standard InChI is InChI=1S/C20H23N5O3S/c1-14-17(9-10-19(26)23-29(27,28)21-13-15-7-8-15)20(24(2)22-14)25-12-11-16-5-3-4-6-18(16)25/h3-6,9-12,15,21H,7-8,13H2,1-2H3,(H,23,26). The second-order valence-electron chi connectivity index (χ2n) is 7.29. The van der Waals surface area contributed by atoms with E-state index in [1.165, 1.54) is 6.08 Å². The van der Waals surface area contributed by atoms with Gasteiger partial charge in [0.2, 0.25) is 0 Å². The zero-order valence-electron chi connectivity index (χ0n) is 16.3. The Hall–Kier alpha value is -2.91. The smallest absolute Gasteiger partial charge is 0.301 e. The van der Waals surface area contributed by atoms with Crippen LogP contribution in [0.3, 0.4) is 0 Å². The summed E-state index contributed by atoms with van der Waals surface area (Å²) in [5.41, 5.74) is 2.49. The first-order valence-corrected chi connectivity index (χ1v) is 10.9. The minimum atomic E-state index is -3.85. The van der Waals surface area contributed by atoms with Gasteiger partial charge >= 0.3 is 10.2 Å². The normalized spacial score (nSPS) is 14.7. The summed E-state index contributed by atoms with van der Waals surface area (Å²) < 4.78 is 32.1. The van der Waals surface area contributed by atoms with Crippen LogP contribution in [-0.4, -0.2) is 35.2 Å². The minimum Gasteiger partial charge on any atom is -0.301 e. The number of fused-ring (bicyclic) bond motifs is 1. The maximum atomic E-state index is 12.2. The average molecular weight is 414 g/mol. The summed E-state index contributed by atoms with van der Waals surface area (Å²) in [6.07, 6.45) is 6.81. The second kappa shape index (κ2) is 7.49. The zero-order chi connectivity index (χ0) is 20.6. The van der Waals surface area contributed by atoms with Crippen molar-refractivity contribution >= 4 is 33.1 Å². The van der Waals surface area contributed by atoms with E-state index in [0.717, 1.165) is 40.8 Å². The van der Waals surface area contributed by atoms with Gasteiger partial charge in [-0.05, 0) is 49.3 Å². The summed E-state index contributed by atoms with van der Waals surface area (Å²) in [4.78, 5) is 12.2. The molecule has 1 fully saturated rings. The first-order chi connectivity index (χ1) is 13.8. The molecular weight excluding hydrogens is 390 g/mol. The van der Waals surface area contributed by atoms with Gasteiger partial charge in [-0.15, -0.1) is 0 Å². The molecule has 2 N–H and O–H groups in total. The Kier molecular flexibility index (Phi) is 5.01. The molecule has 0 radical (unpaired) electrons. The van der Waals surface area contributed by atoms with Crippen molar-refractivity contribution in [3.63, 3.8) is 0 Å². The van der Waals surface area contributed by atoms with Crippen LogP contribution in [0.5, 0.6) is 0 Å². The Morgan fingerprint density at radius 2 is 2.03 bits per heavy atom. The SMILES string of the molecule is Cc1nn(C)c(-n2ccc3ccccc32)c1C=CC(=O)NS(=O)(=O)NCC1CC1. The Morgan fingerprint density at radius 1 is 1.28 bits per heavy atom. The van der Waals surface area contributed by atoms with Crippen molar-refractivity contribution in [2.75, 3.05) is 6.54 Å². The van der Waals surface area contributed by atoms with Gasteiger partial charge in [0.15, 0.2) is 0 Å². The predicted molar refractivity (Wildman–Crippen MR) is 112 cm³/mol. The molecule has 4 rings (SSSR count). The van der Waals surface area contributed by atoms with Crippen molar-refractivity contribution in [1.29, 1.82) is 0 Å². The third-order valence-electron chi connectivity index (χ3n) is 4.96. The van der Waals surface area contributed by atoms with Gasteiger partial charge in [-0.3, -0.25) is 9.48 Å². The minimum absolute atomic E-state index is 0.360. The lowest BCUT2D eigenvalue weighted by Crippen LogP contribution is -2.40. The lowest BCUT2D eigenvalue weighted by Gasteiger charge is -2.08. The number of aromatic nitrogens is 3. The summed E-state index contributed by atoms with van der Waals surface area (Å²) in [6.45, 7) is 2.21. The number of carbonyl (C=O) groups excluding carboxylic acids is 1. The number of para-hydroxylation sites is 1. The molecule has 3 aromatic rings. The van der Waals surface area contributed by atoms with E-state index in [0.29, 0.717) is 12.5 Å². The molecule has 2 heterocycles. The maximum Gasteiger partial charge on any atom is 0.301 e. The first kappa shape index (κ1) is 19.4. The van der Waals surface area contributed by atoms with Gasteiger partial charge < -0.3 is 4.57 Å². The molecule has 1 aliphatic rings. The molecule has 2 aromatic heterocycles. The lowest BCUT2D eigenvalue weighted by atomic mass is 10.2. The predicted octanol–water partition coefficient (Wildman–Crippen LogP) is 2.05. The highest BCUT2D eigenvalue weighted by Gasteiger charge is 2.24. The first-order valence-electron chi connectivity index (χ1n) is 9.43. The zero-order valence-corrected chi connectivity index (χ0v) is 17.1. The van der Waals surface area contributed by atoms with Crippen LogP contribution in [0, 0.1) is 12.8 Å². The maximum absolute atomic E-state index is 12.2. The van der Waals surface area contributed by atoms with Crippen LogP contribution < -0.4 is 9.44 Å². The number of hydrogen-bond donors (Lipinski definition) is 2. The van der Waals surface area contributed by atoms with Crippen LogP contribution >= 0.6 is 0 Å². The number of aryl methyl sites for hydroxylation is 2. The van der Waals surface area contributed by atoms with Crippen molar-refractivity contribution in [2.24, 2.45) is 13.0 Å². The molecular formula is C20H23N5O3S. The fourth-order valence-electron chi connectivity index (χ4n) is 3.32. The topological polar surface area (TPSA) is 98.0 Å². The number of hydrogen-bond acceptors (Lipinski definition) is 4. The Morgan fingerprint density at radius 3 is 2.79 bits per heavy atom. The van der Waals surface area contributed by atoms with Gasteiger partial charge in [0, 0.05) is 31.4 Å². The van der Waals surface area contributed by atoms with Gasteiger partial charge in [-0.1, -0.05) is 18.2 Å². The van der Waals surface area contributed by atoms with Crippen LogP contribution in [0.2, 0.25) is 0 Å². The lowest BCUT2D eigenvalue weighted by molar-refractivity contribution is -0.114. The Bertz CT molecular complexity index is 1200. The van der Waals surface area contributed by atoms with Gasteiger partial charge in [0.1, 0.15) is 5.82 Å². The fourth-order valence-corrected chi connectivity index (χ4v) is 4.18. The number of amides is 1. The summed E-state index contributed by atoms with van der Waals surface area (Å²) in [6, 6.07) is 9.98. The van der Waals surface area contributed by atoms with E-state index < -0.39 is 16.1 Å². The molecule has 29 heavy (non-hydrogen) atoms. The van der Waals surface area contributed by atoms with E-state index >= 15 is 0 Å². The number of nitrogens with zero attached hydrogens (tertiary/aromatic N) is 3. The van der Waals surface area contributed by atoms with Crippen LogP contribution in [0.4, 0.5) is 0 Å². The molecule has 8 nitrogen and oxygen atoms in total. The molecule has 0 bridgehead atoms. The molecule has 9 heteroatoms. The van der Waals surface area contributed by atoms with Crippen molar-refractivity contribution in [2.45, 2.75) is 19.8 Å². The summed E-state index contributed by atoms with van der Waals surface area (Å²) in [7, 11) is -2.02. The average Bonchev–Trinajstić information content (AvgIpc) is 3.34. The molecule has 152 valence electrons. The van der Waals surface area contributed by atoms with Crippen molar-refractivity contribution in [3.8, 4) is 5.82 Å². The monoisotopic (exact) mass is 413 g/mol. The van der Waals surface area contributed by atoms with E-state index in [1.807, 2.05) is 59.8 Å². The Labute approximate surface area is 169 Å². The van der Waals surface area contributed by atoms with Gasteiger partial charge in [-0.25, -0.2) is 4.72 Å². The highest BCUT2D eigenvalue weighted by molar-refractivity contribution is 7.88. The van der Waals surface area contributed by atoms with Gasteiger partial charge in [0.05, 0.1) is 11.2 Å². The van der Waals surface area contributed by atoms with Crippen molar-refractivity contribution in [1.82, 2.24) is 23.8 Å². The Balaban J connectivity index is 1.58. The van der Waals surface area contributed by atoms with Gasteiger partial charge in [0.25, 0.3) is 5.91 Å². The number of nitrogens with one attached hydrogen (secondary N) is 2. The third kappa shape index (κ3) is 4.25. The molecule has 0 unspecified atom stereocenters. The highest BCUT2D eigenvalue weighted by atomic mass is 32.2. The summed E-state index contributed by atoms with van der Waals surface area (Å²) >= 11 is 0. The van der Waals surface area contributed by atoms with Crippen molar-refractivity contribution in [3.05, 3.63) is 53.9 Å². The molecule has 0 aliphatic heterocycles. The van der Waals surface area contributed by atoms with E-state index in [2.05, 4.69) is 9.82 Å². The molecule has 0 spiro atoms. The van der Waals surface area contributed by atoms with Gasteiger partial charge in [-0.2, -0.15) is 18.2 Å². The van der Waals surface area contributed by atoms with Crippen LogP contribution in [-0.2, 0) is 22.1 Å². The number of rotatable bonds is 7. The number of carbonyl (C=O) groups is 1. The molecule has 0 saturated heterocycles. The third-order valence-corrected chi connectivity index (χ3v) is 5.98. The summed E-state index contributed by atoms with van der Waals surface area (Å²) in [5, 5.41) is 5.55. The highest BCUT2D eigenvalue weighted by Crippen LogP contribution is 2.27. The largest absolute Gasteiger partial charge is 0.301 e. The number of benzene rings is 1. The van der Waals surface area contributed by atoms with E-state index in [4.69, 9.17) is 0 Å². The molecule has 1 aliphatic carbocycles. The molecule has 0 atom stereocenters. The molecule has 1 amide bonds. The van der Waals surface area contributed by atoms with E-state index in [1.54, 1.807) is 10.8 Å². The van der Waals surface area contributed by atoms with Crippen LogP contribution in [0.15, 0.2) is 42.6 Å². The molecule has 1 aromatic carbocycles. The van der Waals surface area contributed by atoms with Crippen LogP contribution in [0.1, 0.15) is 24.1 Å². The fraction of sp³-hybridized carbons (Fsp3) is 0.300. The second-order valence-corrected chi connectivity index (χ2v) is 8.79. The van der Waals surface area contributed by atoms with Crippen molar-refractivity contribution < 1.29 is 13.2 Å². The quantitative estimate of drug-likeness (QED) is 0.579. The van der Waals surface area contributed by atoms with Crippen LogP contribution in [0.25, 0.3) is 22.8 Å². The summed E-state index contributed by atoms with van der Waals surface area (Å²) in [5.74, 6) is 0.469. The molecule has 1 saturated carbocycles. The van der Waals surface area contributed by atoms with E-state index in [-0.39, 0.29) is 0 Å².